The van der Waals surface area contributed by atoms with Crippen molar-refractivity contribution in [2.24, 2.45) is 0 Å². The van der Waals surface area contributed by atoms with Crippen LogP contribution in [0.5, 0.6) is 0 Å². The van der Waals surface area contributed by atoms with Gasteiger partial charge in [0.25, 0.3) is 5.91 Å². The Morgan fingerprint density at radius 1 is 1.09 bits per heavy atom. The molecule has 3 heterocycles. The van der Waals surface area contributed by atoms with Crippen molar-refractivity contribution in [1.82, 2.24) is 15.2 Å². The number of benzene rings is 2. The average molecular weight is 449 g/mol. The summed E-state index contributed by atoms with van der Waals surface area (Å²) in [5.41, 5.74) is 1.92. The molecule has 0 unspecified atom stereocenters. The largest absolute Gasteiger partial charge is 0.467 e. The van der Waals surface area contributed by atoms with E-state index in [9.17, 15) is 14.4 Å². The molecule has 33 heavy (non-hydrogen) atoms. The summed E-state index contributed by atoms with van der Waals surface area (Å²) in [7, 11) is 1.27. The molecule has 0 bridgehead atoms. The van der Waals surface area contributed by atoms with E-state index in [1.807, 2.05) is 36.4 Å². The van der Waals surface area contributed by atoms with Crippen LogP contribution < -0.4 is 5.32 Å². The Morgan fingerprint density at radius 3 is 2.64 bits per heavy atom. The zero-order valence-electron chi connectivity index (χ0n) is 18.1. The first kappa shape index (κ1) is 21.3. The molecule has 0 aliphatic carbocycles. The maximum atomic E-state index is 12.9. The first-order valence-corrected chi connectivity index (χ1v) is 10.7. The van der Waals surface area contributed by atoms with Gasteiger partial charge < -0.3 is 24.4 Å². The van der Waals surface area contributed by atoms with Crippen LogP contribution in [0.25, 0.3) is 21.8 Å². The van der Waals surface area contributed by atoms with Gasteiger partial charge in [-0.1, -0.05) is 24.3 Å². The molecule has 170 valence electrons. The summed E-state index contributed by atoms with van der Waals surface area (Å²) in [5, 5.41) is 4.58. The number of rotatable bonds is 4. The first-order valence-electron chi connectivity index (χ1n) is 10.7. The predicted molar refractivity (Wildman–Crippen MR) is 118 cm³/mol. The van der Waals surface area contributed by atoms with Gasteiger partial charge in [0.2, 0.25) is 5.91 Å². The van der Waals surface area contributed by atoms with Crippen molar-refractivity contribution in [2.45, 2.75) is 18.2 Å². The first-order chi connectivity index (χ1) is 16.0. The smallest absolute Gasteiger partial charge is 0.328 e. The second kappa shape index (κ2) is 8.42. The van der Waals surface area contributed by atoms with Gasteiger partial charge in [-0.25, -0.2) is 9.78 Å². The summed E-state index contributed by atoms with van der Waals surface area (Å²) in [6.45, 7) is 0.635. The van der Waals surface area contributed by atoms with Gasteiger partial charge in [-0.15, -0.1) is 0 Å². The van der Waals surface area contributed by atoms with Crippen molar-refractivity contribution in [3.63, 3.8) is 0 Å². The second-order valence-electron chi connectivity index (χ2n) is 8.14. The summed E-state index contributed by atoms with van der Waals surface area (Å²) >= 11 is 0. The van der Waals surface area contributed by atoms with Crippen LogP contribution in [0.2, 0.25) is 0 Å². The minimum atomic E-state index is -0.995. The summed E-state index contributed by atoms with van der Waals surface area (Å²) < 4.78 is 16.2. The number of para-hydroxylation sites is 1. The topological polar surface area (TPSA) is 107 Å². The molecular formula is C24H23N3O6. The third-order valence-electron chi connectivity index (χ3n) is 6.08. The van der Waals surface area contributed by atoms with E-state index in [4.69, 9.17) is 14.2 Å². The molecule has 2 aliphatic rings. The lowest BCUT2D eigenvalue weighted by Gasteiger charge is -2.23. The van der Waals surface area contributed by atoms with Crippen LogP contribution in [0, 0.1) is 0 Å². The van der Waals surface area contributed by atoms with E-state index in [0.29, 0.717) is 24.3 Å². The summed E-state index contributed by atoms with van der Waals surface area (Å²) in [5.74, 6) is -2.36. The average Bonchev–Trinajstić information content (AvgIpc) is 3.47. The molecule has 2 aromatic carbocycles. The number of esters is 1. The number of nitrogens with one attached hydrogen (secondary N) is 1. The van der Waals surface area contributed by atoms with E-state index >= 15 is 0 Å². The highest BCUT2D eigenvalue weighted by Crippen LogP contribution is 2.35. The number of ether oxygens (including phenoxy) is 3. The lowest BCUT2D eigenvalue weighted by atomic mass is 10.1. The Kier molecular flexibility index (Phi) is 5.43. The molecule has 3 aromatic rings. The third-order valence-corrected chi connectivity index (χ3v) is 6.08. The number of amides is 2. The van der Waals surface area contributed by atoms with Gasteiger partial charge in [0.05, 0.1) is 44.4 Å². The monoisotopic (exact) mass is 449 g/mol. The van der Waals surface area contributed by atoms with Gasteiger partial charge in [0.1, 0.15) is 6.04 Å². The van der Waals surface area contributed by atoms with E-state index in [0.717, 1.165) is 16.3 Å². The molecule has 2 fully saturated rings. The molecule has 2 aliphatic heterocycles. The van der Waals surface area contributed by atoms with Crippen molar-refractivity contribution in [1.29, 1.82) is 0 Å². The van der Waals surface area contributed by atoms with Crippen molar-refractivity contribution >= 4 is 39.6 Å². The number of pyridine rings is 1. The van der Waals surface area contributed by atoms with Gasteiger partial charge in [-0.05, 0) is 24.3 Å². The number of carbonyl (C=O) groups is 3. The molecule has 0 radical (unpaired) electrons. The van der Waals surface area contributed by atoms with Gasteiger partial charge >= 0.3 is 5.97 Å². The minimum Gasteiger partial charge on any atom is -0.467 e. The number of nitrogens with zero attached hydrogens (tertiary/aromatic N) is 2. The predicted octanol–water partition coefficient (Wildman–Crippen LogP) is 1.63. The third kappa shape index (κ3) is 4.01. The van der Waals surface area contributed by atoms with E-state index < -0.39 is 29.6 Å². The Bertz CT molecular complexity index is 1250. The maximum absolute atomic E-state index is 12.9. The Balaban J connectivity index is 1.29. The number of carbonyl (C=O) groups excluding carboxylic acids is 3. The highest BCUT2D eigenvalue weighted by atomic mass is 16.7. The number of hydrogen-bond acceptors (Lipinski definition) is 7. The zero-order valence-corrected chi connectivity index (χ0v) is 18.1. The molecule has 0 saturated carbocycles. The van der Waals surface area contributed by atoms with Gasteiger partial charge in [0, 0.05) is 22.8 Å². The quantitative estimate of drug-likeness (QED) is 0.477. The molecule has 1 spiro atoms. The molecule has 1 aromatic heterocycles. The lowest BCUT2D eigenvalue weighted by molar-refractivity contribution is -0.152. The van der Waals surface area contributed by atoms with E-state index in [1.54, 1.807) is 12.1 Å². The van der Waals surface area contributed by atoms with Crippen LogP contribution in [0.1, 0.15) is 16.8 Å². The summed E-state index contributed by atoms with van der Waals surface area (Å²) in [6.07, 6.45) is 0.198. The van der Waals surface area contributed by atoms with Crippen molar-refractivity contribution in [3.05, 3.63) is 54.1 Å². The number of methoxy groups -OCH3 is 1. The Labute approximate surface area is 189 Å². The van der Waals surface area contributed by atoms with Gasteiger partial charge in [0.15, 0.2) is 5.79 Å². The highest BCUT2D eigenvalue weighted by Gasteiger charge is 2.52. The summed E-state index contributed by atoms with van der Waals surface area (Å²) in [6, 6.07) is 14.2. The fourth-order valence-corrected chi connectivity index (χ4v) is 4.43. The molecule has 9 heteroatoms. The molecule has 2 saturated heterocycles. The van der Waals surface area contributed by atoms with E-state index in [-0.39, 0.29) is 19.5 Å². The fourth-order valence-electron chi connectivity index (χ4n) is 4.43. The maximum Gasteiger partial charge on any atom is 0.328 e. The molecule has 1 atom stereocenters. The normalized spacial score (nSPS) is 19.3. The molecule has 5 rings (SSSR count). The Hall–Kier alpha value is -3.56. The summed E-state index contributed by atoms with van der Waals surface area (Å²) in [4.78, 5) is 43.8. The van der Waals surface area contributed by atoms with Crippen LogP contribution in [-0.2, 0) is 23.8 Å². The van der Waals surface area contributed by atoms with Crippen LogP contribution in [0.4, 0.5) is 0 Å². The lowest BCUT2D eigenvalue weighted by Crippen LogP contribution is -2.46. The van der Waals surface area contributed by atoms with Crippen LogP contribution in [0.15, 0.2) is 48.5 Å². The van der Waals surface area contributed by atoms with Crippen molar-refractivity contribution < 1.29 is 28.6 Å². The van der Waals surface area contributed by atoms with Crippen LogP contribution in [-0.4, -0.2) is 72.9 Å². The minimum absolute atomic E-state index is 0.106. The number of hydrogen-bond donors (Lipinski definition) is 1. The number of fused-ring (bicyclic) bond motifs is 2. The highest BCUT2D eigenvalue weighted by molar-refractivity contribution is 6.01. The second-order valence-corrected chi connectivity index (χ2v) is 8.14. The molecule has 1 N–H and O–H groups in total. The zero-order chi connectivity index (χ0) is 23.0. The van der Waals surface area contributed by atoms with Gasteiger partial charge in [-0.2, -0.15) is 0 Å². The Morgan fingerprint density at radius 2 is 1.85 bits per heavy atom. The van der Waals surface area contributed by atoms with Crippen molar-refractivity contribution in [3.8, 4) is 0 Å². The number of aromatic nitrogens is 1. The van der Waals surface area contributed by atoms with Gasteiger partial charge in [-0.3, -0.25) is 9.59 Å². The van der Waals surface area contributed by atoms with E-state index in [1.165, 1.54) is 12.0 Å². The van der Waals surface area contributed by atoms with Crippen molar-refractivity contribution in [2.75, 3.05) is 33.4 Å². The molecule has 2 amide bonds. The van der Waals surface area contributed by atoms with E-state index in [2.05, 4.69) is 10.3 Å². The fraction of sp³-hybridized carbons (Fsp3) is 0.333. The molecule has 9 nitrogen and oxygen atoms in total. The number of likely N-dealkylation sites (tertiary alicyclic amines) is 1. The standard InChI is InChI=1S/C24H23N3O6/c1-31-23(30)20-12-24(32-8-9-33-24)14-27(20)21(28)13-25-22(29)17-7-6-16-10-15-4-2-3-5-18(15)26-19(16)11-17/h2-7,10-11,20H,8-9,12-14H2,1H3,(H,25,29)/t20-/m0/s1. The SMILES string of the molecule is COC(=O)[C@@H]1CC2(CN1C(=O)CNC(=O)c1ccc3cc4ccccc4nc3c1)OCCO2. The van der Waals surface area contributed by atoms with Crippen LogP contribution >= 0.6 is 0 Å². The van der Waals surface area contributed by atoms with Crippen LogP contribution in [0.3, 0.4) is 0 Å². The molecular weight excluding hydrogens is 426 g/mol.